The molecule has 0 saturated heterocycles. The van der Waals surface area contributed by atoms with Crippen molar-refractivity contribution in [1.82, 2.24) is 5.32 Å². The Kier molecular flexibility index (Phi) is 6.62. The van der Waals surface area contributed by atoms with E-state index < -0.39 is 23.9 Å². The van der Waals surface area contributed by atoms with E-state index in [1.807, 2.05) is 0 Å². The molecule has 0 spiro atoms. The van der Waals surface area contributed by atoms with Crippen molar-refractivity contribution in [3.63, 3.8) is 0 Å². The first-order valence-corrected chi connectivity index (χ1v) is 5.26. The predicted octanol–water partition coefficient (Wildman–Crippen LogP) is 0.331. The highest BCUT2D eigenvalue weighted by molar-refractivity contribution is 5.95. The van der Waals surface area contributed by atoms with Gasteiger partial charge in [-0.25, -0.2) is 9.59 Å². The second-order valence-corrected chi connectivity index (χ2v) is 3.65. The molecule has 0 aromatic carbocycles. The molecule has 2 N–H and O–H groups in total. The highest BCUT2D eigenvalue weighted by atomic mass is 16.5. The Labute approximate surface area is 99.6 Å². The minimum Gasteiger partial charge on any atom is -0.478 e. The maximum atomic E-state index is 11.5. The van der Waals surface area contributed by atoms with Gasteiger partial charge in [-0.1, -0.05) is 13.8 Å². The van der Waals surface area contributed by atoms with Gasteiger partial charge in [-0.3, -0.25) is 4.79 Å². The fourth-order valence-corrected chi connectivity index (χ4v) is 1.08. The Morgan fingerprint density at radius 1 is 1.29 bits per heavy atom. The molecule has 0 aromatic rings. The average molecular weight is 243 g/mol. The minimum absolute atomic E-state index is 0.142. The summed E-state index contributed by atoms with van der Waals surface area (Å²) >= 11 is 0. The second-order valence-electron chi connectivity index (χ2n) is 3.65. The van der Waals surface area contributed by atoms with Crippen molar-refractivity contribution in [3.05, 3.63) is 12.2 Å². The Morgan fingerprint density at radius 2 is 1.88 bits per heavy atom. The number of nitrogens with one attached hydrogen (secondary N) is 1. The quantitative estimate of drug-likeness (QED) is 0.518. The summed E-state index contributed by atoms with van der Waals surface area (Å²) in [6, 6.07) is -0.777. The van der Waals surface area contributed by atoms with Gasteiger partial charge in [-0.2, -0.15) is 0 Å². The number of rotatable bonds is 6. The van der Waals surface area contributed by atoms with Crippen molar-refractivity contribution in [2.24, 2.45) is 5.92 Å². The van der Waals surface area contributed by atoms with Gasteiger partial charge in [0.15, 0.2) is 0 Å². The highest BCUT2D eigenvalue weighted by Crippen LogP contribution is 2.04. The van der Waals surface area contributed by atoms with Crippen LogP contribution in [0.1, 0.15) is 20.8 Å². The monoisotopic (exact) mass is 243 g/mol. The largest absolute Gasteiger partial charge is 0.478 e. The molecular formula is C11H17NO5. The van der Waals surface area contributed by atoms with E-state index >= 15 is 0 Å². The smallest absolute Gasteiger partial charge is 0.328 e. The summed E-state index contributed by atoms with van der Waals surface area (Å²) in [6.07, 6.45) is 1.56. The lowest BCUT2D eigenvalue weighted by molar-refractivity contribution is -0.148. The second kappa shape index (κ2) is 7.43. The number of carboxylic acids is 1. The molecule has 6 heteroatoms. The number of amides is 1. The number of ether oxygens (including phenoxy) is 1. The summed E-state index contributed by atoms with van der Waals surface area (Å²) in [6.45, 7) is 5.40. The average Bonchev–Trinajstić information content (AvgIpc) is 2.22. The number of carbonyl (C=O) groups is 3. The number of esters is 1. The van der Waals surface area contributed by atoms with Crippen LogP contribution in [0.3, 0.4) is 0 Å². The minimum atomic E-state index is -1.22. The SMILES string of the molecule is CCOC(=O)C(NC(=O)/C=C\C(=O)O)C(C)C. The van der Waals surface area contributed by atoms with Crippen LogP contribution in [0, 0.1) is 5.92 Å². The van der Waals surface area contributed by atoms with E-state index in [9.17, 15) is 14.4 Å². The van der Waals surface area contributed by atoms with Gasteiger partial charge >= 0.3 is 11.9 Å². The van der Waals surface area contributed by atoms with Crippen LogP contribution in [0.5, 0.6) is 0 Å². The van der Waals surface area contributed by atoms with E-state index in [1.165, 1.54) is 0 Å². The summed E-state index contributed by atoms with van der Waals surface area (Å²) in [4.78, 5) is 33.0. The zero-order valence-electron chi connectivity index (χ0n) is 10.1. The van der Waals surface area contributed by atoms with Crippen LogP contribution in [-0.2, 0) is 19.1 Å². The van der Waals surface area contributed by atoms with Gasteiger partial charge in [0.05, 0.1) is 6.61 Å². The summed E-state index contributed by atoms with van der Waals surface area (Å²) in [5.74, 6) is -2.53. The van der Waals surface area contributed by atoms with Gasteiger partial charge < -0.3 is 15.2 Å². The molecule has 0 aromatic heterocycles. The van der Waals surface area contributed by atoms with Crippen molar-refractivity contribution in [2.75, 3.05) is 6.61 Å². The van der Waals surface area contributed by atoms with Gasteiger partial charge in [-0.05, 0) is 12.8 Å². The zero-order chi connectivity index (χ0) is 13.4. The summed E-state index contributed by atoms with van der Waals surface area (Å²) in [5.41, 5.74) is 0. The van der Waals surface area contributed by atoms with Crippen LogP contribution in [0.2, 0.25) is 0 Å². The molecule has 0 aliphatic carbocycles. The third-order valence-electron chi connectivity index (χ3n) is 1.88. The van der Waals surface area contributed by atoms with Crippen molar-refractivity contribution in [2.45, 2.75) is 26.8 Å². The number of carbonyl (C=O) groups excluding carboxylic acids is 2. The normalized spacial score (nSPS) is 12.5. The number of hydrogen-bond donors (Lipinski definition) is 2. The van der Waals surface area contributed by atoms with Crippen LogP contribution in [0.15, 0.2) is 12.2 Å². The van der Waals surface area contributed by atoms with Gasteiger partial charge in [0, 0.05) is 12.2 Å². The topological polar surface area (TPSA) is 92.7 Å². The first-order valence-electron chi connectivity index (χ1n) is 5.26. The van der Waals surface area contributed by atoms with Gasteiger partial charge in [0.2, 0.25) is 5.91 Å². The molecule has 6 nitrogen and oxygen atoms in total. The van der Waals surface area contributed by atoms with E-state index in [-0.39, 0.29) is 12.5 Å². The number of aliphatic carboxylic acids is 1. The fourth-order valence-electron chi connectivity index (χ4n) is 1.08. The molecule has 0 aliphatic rings. The van der Waals surface area contributed by atoms with Crippen molar-refractivity contribution >= 4 is 17.8 Å². The molecule has 0 heterocycles. The lowest BCUT2D eigenvalue weighted by Gasteiger charge is -2.19. The molecule has 0 fully saturated rings. The third kappa shape index (κ3) is 6.34. The van der Waals surface area contributed by atoms with Gasteiger partial charge in [0.25, 0.3) is 0 Å². The van der Waals surface area contributed by atoms with Crippen LogP contribution in [0.4, 0.5) is 0 Å². The predicted molar refractivity (Wildman–Crippen MR) is 60.2 cm³/mol. The molecule has 1 unspecified atom stereocenters. The molecule has 0 saturated carbocycles. The summed E-state index contributed by atoms with van der Waals surface area (Å²) in [5, 5.41) is 10.7. The Balaban J connectivity index is 4.50. The maximum absolute atomic E-state index is 11.5. The van der Waals surface area contributed by atoms with Gasteiger partial charge in [-0.15, -0.1) is 0 Å². The maximum Gasteiger partial charge on any atom is 0.328 e. The molecule has 0 rings (SSSR count). The highest BCUT2D eigenvalue weighted by Gasteiger charge is 2.24. The first-order chi connectivity index (χ1) is 7.88. The van der Waals surface area contributed by atoms with E-state index in [4.69, 9.17) is 9.84 Å². The van der Waals surface area contributed by atoms with Crippen molar-refractivity contribution in [1.29, 1.82) is 0 Å². The summed E-state index contributed by atoms with van der Waals surface area (Å²) in [7, 11) is 0. The van der Waals surface area contributed by atoms with E-state index in [1.54, 1.807) is 20.8 Å². The standard InChI is InChI=1S/C11H17NO5/c1-4-17-11(16)10(7(2)3)12-8(13)5-6-9(14)15/h5-7,10H,4H2,1-3H3,(H,12,13)(H,14,15)/b6-5-. The molecule has 0 radical (unpaired) electrons. The van der Waals surface area contributed by atoms with Crippen LogP contribution in [0.25, 0.3) is 0 Å². The molecule has 0 aliphatic heterocycles. The van der Waals surface area contributed by atoms with Crippen molar-refractivity contribution in [3.8, 4) is 0 Å². The first kappa shape index (κ1) is 15.2. The molecular weight excluding hydrogens is 226 g/mol. The molecule has 1 atom stereocenters. The van der Waals surface area contributed by atoms with E-state index in [2.05, 4.69) is 5.32 Å². The number of hydrogen-bond acceptors (Lipinski definition) is 4. The Bertz CT molecular complexity index is 322. The Morgan fingerprint density at radius 3 is 2.29 bits per heavy atom. The van der Waals surface area contributed by atoms with Gasteiger partial charge in [0.1, 0.15) is 6.04 Å². The number of carboxylic acid groups (broad SMARTS) is 1. The summed E-state index contributed by atoms with van der Waals surface area (Å²) < 4.78 is 4.80. The molecule has 96 valence electrons. The lowest BCUT2D eigenvalue weighted by atomic mass is 10.0. The molecule has 0 bridgehead atoms. The lowest BCUT2D eigenvalue weighted by Crippen LogP contribution is -2.44. The zero-order valence-corrected chi connectivity index (χ0v) is 10.1. The van der Waals surface area contributed by atoms with Crippen LogP contribution < -0.4 is 5.32 Å². The van der Waals surface area contributed by atoms with E-state index in [0.29, 0.717) is 6.08 Å². The van der Waals surface area contributed by atoms with Crippen molar-refractivity contribution < 1.29 is 24.2 Å². The molecule has 1 amide bonds. The third-order valence-corrected chi connectivity index (χ3v) is 1.88. The fraction of sp³-hybridized carbons (Fsp3) is 0.545. The molecule has 17 heavy (non-hydrogen) atoms. The Hall–Kier alpha value is -1.85. The van der Waals surface area contributed by atoms with E-state index in [0.717, 1.165) is 6.08 Å². The van der Waals surface area contributed by atoms with Crippen LogP contribution in [-0.4, -0.2) is 35.6 Å². The van der Waals surface area contributed by atoms with Crippen LogP contribution >= 0.6 is 0 Å².